The summed E-state index contributed by atoms with van der Waals surface area (Å²) < 4.78 is 5.85. The van der Waals surface area contributed by atoms with Crippen LogP contribution in [-0.2, 0) is 17.6 Å². The number of hydrogen-bond acceptors (Lipinski definition) is 2. The third-order valence-corrected chi connectivity index (χ3v) is 3.48. The van der Waals surface area contributed by atoms with Crippen molar-refractivity contribution in [1.29, 1.82) is 0 Å². The lowest BCUT2D eigenvalue weighted by molar-refractivity contribution is -0.137. The van der Waals surface area contributed by atoms with E-state index in [1.54, 1.807) is 0 Å². The van der Waals surface area contributed by atoms with E-state index in [1.807, 2.05) is 0 Å². The van der Waals surface area contributed by atoms with Crippen LogP contribution in [0.3, 0.4) is 0 Å². The van der Waals surface area contributed by atoms with E-state index in [0.717, 1.165) is 37.9 Å². The molecule has 1 aromatic carbocycles. The van der Waals surface area contributed by atoms with Crippen LogP contribution in [0.4, 0.5) is 0 Å². The van der Waals surface area contributed by atoms with Crippen molar-refractivity contribution in [2.75, 3.05) is 0 Å². The van der Waals surface area contributed by atoms with Crippen LogP contribution >= 0.6 is 0 Å². The molecule has 1 aliphatic rings. The van der Waals surface area contributed by atoms with Crippen molar-refractivity contribution in [1.82, 2.24) is 0 Å². The first-order valence-electron chi connectivity index (χ1n) is 6.99. The van der Waals surface area contributed by atoms with Gasteiger partial charge >= 0.3 is 5.97 Å². The summed E-state index contributed by atoms with van der Waals surface area (Å²) >= 11 is 0. The van der Waals surface area contributed by atoms with E-state index >= 15 is 0 Å². The molecule has 0 amide bonds. The summed E-state index contributed by atoms with van der Waals surface area (Å²) in [5, 5.41) is 8.57. The summed E-state index contributed by atoms with van der Waals surface area (Å²) in [6, 6.07) is 6.43. The molecule has 1 N–H and O–H groups in total. The lowest BCUT2D eigenvalue weighted by atomic mass is 9.98. The number of carboxylic acids is 1. The van der Waals surface area contributed by atoms with Gasteiger partial charge in [0, 0.05) is 12.8 Å². The number of carbonyl (C=O) groups is 1. The van der Waals surface area contributed by atoms with Crippen LogP contribution in [0.1, 0.15) is 50.7 Å². The Hall–Kier alpha value is -1.51. The van der Waals surface area contributed by atoms with Crippen molar-refractivity contribution in [3.05, 3.63) is 29.3 Å². The number of carboxylic acid groups (broad SMARTS) is 1. The van der Waals surface area contributed by atoms with Crippen molar-refractivity contribution in [2.45, 2.75) is 58.0 Å². The van der Waals surface area contributed by atoms with E-state index in [2.05, 4.69) is 32.0 Å². The molecule has 19 heavy (non-hydrogen) atoms. The van der Waals surface area contributed by atoms with Gasteiger partial charge in [0.15, 0.2) is 0 Å². The maximum Gasteiger partial charge on any atom is 0.303 e. The Morgan fingerprint density at radius 3 is 2.84 bits per heavy atom. The van der Waals surface area contributed by atoms with Gasteiger partial charge in [-0.15, -0.1) is 0 Å². The summed E-state index contributed by atoms with van der Waals surface area (Å²) in [6.45, 7) is 4.22. The minimum Gasteiger partial charge on any atom is -0.487 e. The van der Waals surface area contributed by atoms with Gasteiger partial charge in [0.1, 0.15) is 11.4 Å². The zero-order valence-electron chi connectivity index (χ0n) is 11.7. The molecular weight excluding hydrogens is 240 g/mol. The quantitative estimate of drug-likeness (QED) is 0.797. The topological polar surface area (TPSA) is 46.5 Å². The van der Waals surface area contributed by atoms with Crippen LogP contribution < -0.4 is 4.74 Å². The van der Waals surface area contributed by atoms with Crippen molar-refractivity contribution < 1.29 is 14.6 Å². The Bertz CT molecular complexity index is 463. The summed E-state index contributed by atoms with van der Waals surface area (Å²) in [6.07, 6.45) is 5.08. The Balaban J connectivity index is 1.82. The first-order chi connectivity index (χ1) is 8.96. The van der Waals surface area contributed by atoms with Crippen LogP contribution in [0.5, 0.6) is 5.75 Å². The lowest BCUT2D eigenvalue weighted by Crippen LogP contribution is -2.24. The molecule has 3 nitrogen and oxygen atoms in total. The minimum absolute atomic E-state index is 0.0809. The van der Waals surface area contributed by atoms with E-state index in [9.17, 15) is 4.79 Å². The zero-order valence-corrected chi connectivity index (χ0v) is 11.7. The average molecular weight is 262 g/mol. The van der Waals surface area contributed by atoms with Crippen LogP contribution in [0.15, 0.2) is 18.2 Å². The largest absolute Gasteiger partial charge is 0.487 e. The van der Waals surface area contributed by atoms with Gasteiger partial charge in [-0.25, -0.2) is 0 Å². The number of fused-ring (bicyclic) bond motifs is 1. The van der Waals surface area contributed by atoms with Gasteiger partial charge < -0.3 is 9.84 Å². The SMILES string of the molecule is CC1(C)Cc2cc(CCCCCC(=O)O)ccc2O1. The molecule has 2 rings (SSSR count). The molecule has 0 atom stereocenters. The van der Waals surface area contributed by atoms with E-state index < -0.39 is 5.97 Å². The second-order valence-electron chi connectivity index (χ2n) is 5.94. The Labute approximate surface area is 114 Å². The molecule has 104 valence electrons. The third kappa shape index (κ3) is 3.98. The molecule has 0 saturated heterocycles. The average Bonchev–Trinajstić information content (AvgIpc) is 2.61. The number of hydrogen-bond donors (Lipinski definition) is 1. The number of aryl methyl sites for hydroxylation is 1. The molecule has 0 saturated carbocycles. The fourth-order valence-corrected chi connectivity index (χ4v) is 2.60. The summed E-state index contributed by atoms with van der Waals surface area (Å²) in [5.74, 6) is 0.316. The molecule has 0 bridgehead atoms. The predicted molar refractivity (Wildman–Crippen MR) is 74.7 cm³/mol. The predicted octanol–water partition coefficient (Wildman–Crippen LogP) is 3.59. The molecule has 0 radical (unpaired) electrons. The van der Waals surface area contributed by atoms with E-state index in [4.69, 9.17) is 9.84 Å². The Morgan fingerprint density at radius 1 is 1.32 bits per heavy atom. The fourth-order valence-electron chi connectivity index (χ4n) is 2.60. The summed E-state index contributed by atoms with van der Waals surface area (Å²) in [4.78, 5) is 10.4. The van der Waals surface area contributed by atoms with Gasteiger partial charge in [0.25, 0.3) is 0 Å². The minimum atomic E-state index is -0.697. The van der Waals surface area contributed by atoms with Crippen LogP contribution in [0.2, 0.25) is 0 Å². The molecule has 0 aromatic heterocycles. The number of aliphatic carboxylic acids is 1. The number of unbranched alkanes of at least 4 members (excludes halogenated alkanes) is 2. The first-order valence-corrected chi connectivity index (χ1v) is 6.99. The number of ether oxygens (including phenoxy) is 1. The molecular formula is C16H22O3. The van der Waals surface area contributed by atoms with Gasteiger partial charge in [-0.3, -0.25) is 4.79 Å². The normalized spacial score (nSPS) is 15.9. The maximum absolute atomic E-state index is 10.4. The lowest BCUT2D eigenvalue weighted by Gasteiger charge is -2.16. The Morgan fingerprint density at radius 2 is 2.11 bits per heavy atom. The van der Waals surface area contributed by atoms with Gasteiger partial charge in [0.2, 0.25) is 0 Å². The standard InChI is InChI=1S/C16H22O3/c1-16(2)11-13-10-12(8-9-14(13)19-16)6-4-3-5-7-15(17)18/h8-10H,3-7,11H2,1-2H3,(H,17,18). The van der Waals surface area contributed by atoms with Crippen LogP contribution in [0.25, 0.3) is 0 Å². The second kappa shape index (κ2) is 5.64. The maximum atomic E-state index is 10.4. The number of benzene rings is 1. The van der Waals surface area contributed by atoms with Crippen molar-refractivity contribution in [3.63, 3.8) is 0 Å². The van der Waals surface area contributed by atoms with Gasteiger partial charge in [-0.1, -0.05) is 18.6 Å². The third-order valence-electron chi connectivity index (χ3n) is 3.48. The molecule has 3 heteroatoms. The van der Waals surface area contributed by atoms with Crippen molar-refractivity contribution >= 4 is 5.97 Å². The first kappa shape index (κ1) is 13.9. The number of rotatable bonds is 6. The monoisotopic (exact) mass is 262 g/mol. The molecule has 0 spiro atoms. The molecule has 0 unspecified atom stereocenters. The summed E-state index contributed by atoms with van der Waals surface area (Å²) in [7, 11) is 0. The fraction of sp³-hybridized carbons (Fsp3) is 0.562. The highest BCUT2D eigenvalue weighted by Gasteiger charge is 2.29. The molecule has 1 aliphatic heterocycles. The molecule has 1 heterocycles. The van der Waals surface area contributed by atoms with Gasteiger partial charge in [0.05, 0.1) is 0 Å². The smallest absolute Gasteiger partial charge is 0.303 e. The second-order valence-corrected chi connectivity index (χ2v) is 5.94. The highest BCUT2D eigenvalue weighted by Crippen LogP contribution is 2.35. The van der Waals surface area contributed by atoms with Gasteiger partial charge in [-0.05, 0) is 50.3 Å². The van der Waals surface area contributed by atoms with E-state index in [0.29, 0.717) is 0 Å². The Kier molecular flexibility index (Phi) is 4.13. The zero-order chi connectivity index (χ0) is 13.9. The highest BCUT2D eigenvalue weighted by atomic mass is 16.5. The van der Waals surface area contributed by atoms with Crippen LogP contribution in [-0.4, -0.2) is 16.7 Å². The van der Waals surface area contributed by atoms with E-state index in [1.165, 1.54) is 11.1 Å². The van der Waals surface area contributed by atoms with Crippen molar-refractivity contribution in [2.24, 2.45) is 0 Å². The van der Waals surface area contributed by atoms with Gasteiger partial charge in [-0.2, -0.15) is 0 Å². The van der Waals surface area contributed by atoms with Crippen LogP contribution in [0, 0.1) is 0 Å². The molecule has 0 aliphatic carbocycles. The van der Waals surface area contributed by atoms with Crippen molar-refractivity contribution in [3.8, 4) is 5.75 Å². The molecule has 0 fully saturated rings. The molecule has 1 aromatic rings. The highest BCUT2D eigenvalue weighted by molar-refractivity contribution is 5.66. The van der Waals surface area contributed by atoms with E-state index in [-0.39, 0.29) is 12.0 Å². The summed E-state index contributed by atoms with van der Waals surface area (Å²) in [5.41, 5.74) is 2.55.